The highest BCUT2D eigenvalue weighted by atomic mass is 16.5. The minimum absolute atomic E-state index is 0.0436. The summed E-state index contributed by atoms with van der Waals surface area (Å²) in [6.07, 6.45) is 0.158. The van der Waals surface area contributed by atoms with Crippen LogP contribution in [0.1, 0.15) is 19.4 Å². The van der Waals surface area contributed by atoms with Gasteiger partial charge in [-0.2, -0.15) is 0 Å². The van der Waals surface area contributed by atoms with E-state index in [9.17, 15) is 4.79 Å². The molecule has 1 saturated heterocycles. The molecule has 27 heavy (non-hydrogen) atoms. The zero-order valence-corrected chi connectivity index (χ0v) is 16.1. The minimum Gasteiger partial charge on any atom is -0.491 e. The van der Waals surface area contributed by atoms with E-state index in [0.29, 0.717) is 0 Å². The van der Waals surface area contributed by atoms with Crippen molar-refractivity contribution in [2.75, 3.05) is 32.8 Å². The molecule has 5 nitrogen and oxygen atoms in total. The first kappa shape index (κ1) is 19.2. The molecule has 2 aromatic carbocycles. The molecule has 1 amide bonds. The number of hydrogen-bond acceptors (Lipinski definition) is 4. The van der Waals surface area contributed by atoms with Crippen molar-refractivity contribution in [2.24, 2.45) is 0 Å². The Morgan fingerprint density at radius 2 is 1.63 bits per heavy atom. The number of para-hydroxylation sites is 2. The third-order valence-corrected chi connectivity index (χ3v) is 4.56. The number of ether oxygens (including phenoxy) is 2. The lowest BCUT2D eigenvalue weighted by Gasteiger charge is -2.35. The first-order valence-electron chi connectivity index (χ1n) is 9.54. The van der Waals surface area contributed by atoms with Crippen LogP contribution in [-0.4, -0.2) is 54.6 Å². The van der Waals surface area contributed by atoms with Crippen LogP contribution in [-0.2, 0) is 11.3 Å². The Labute approximate surface area is 161 Å². The second-order valence-corrected chi connectivity index (χ2v) is 7.03. The maximum Gasteiger partial charge on any atom is 0.260 e. The van der Waals surface area contributed by atoms with Gasteiger partial charge in [-0.3, -0.25) is 9.69 Å². The fraction of sp³-hybridized carbons (Fsp3) is 0.409. The van der Waals surface area contributed by atoms with E-state index in [1.807, 2.05) is 67.3 Å². The second kappa shape index (κ2) is 9.42. The summed E-state index contributed by atoms with van der Waals surface area (Å²) in [5.74, 6) is 1.72. The zero-order chi connectivity index (χ0) is 19.1. The van der Waals surface area contributed by atoms with Crippen LogP contribution in [0.15, 0.2) is 54.6 Å². The second-order valence-electron chi connectivity index (χ2n) is 7.03. The molecule has 0 atom stereocenters. The Balaban J connectivity index is 1.47. The summed E-state index contributed by atoms with van der Waals surface area (Å²) in [7, 11) is 0. The number of nitrogens with zero attached hydrogens (tertiary/aromatic N) is 2. The van der Waals surface area contributed by atoms with Gasteiger partial charge in [0.1, 0.15) is 11.5 Å². The van der Waals surface area contributed by atoms with Crippen LogP contribution in [0.25, 0.3) is 0 Å². The molecule has 0 unspecified atom stereocenters. The average Bonchev–Trinajstić information content (AvgIpc) is 2.69. The predicted octanol–water partition coefficient (Wildman–Crippen LogP) is 3.20. The van der Waals surface area contributed by atoms with Gasteiger partial charge >= 0.3 is 0 Å². The van der Waals surface area contributed by atoms with E-state index in [1.54, 1.807) is 0 Å². The Morgan fingerprint density at radius 3 is 2.33 bits per heavy atom. The first-order chi connectivity index (χ1) is 13.1. The van der Waals surface area contributed by atoms with E-state index in [4.69, 9.17) is 9.47 Å². The molecule has 1 heterocycles. The third-order valence-electron chi connectivity index (χ3n) is 4.56. The largest absolute Gasteiger partial charge is 0.491 e. The maximum atomic E-state index is 12.4. The molecule has 0 bridgehead atoms. The van der Waals surface area contributed by atoms with E-state index in [-0.39, 0.29) is 18.6 Å². The average molecular weight is 368 g/mol. The topological polar surface area (TPSA) is 42.0 Å². The number of carbonyl (C=O) groups is 1. The van der Waals surface area contributed by atoms with Crippen LogP contribution >= 0.6 is 0 Å². The van der Waals surface area contributed by atoms with Gasteiger partial charge in [-0.15, -0.1) is 0 Å². The minimum atomic E-state index is 0.0436. The van der Waals surface area contributed by atoms with E-state index < -0.39 is 0 Å². The summed E-state index contributed by atoms with van der Waals surface area (Å²) in [6.45, 7) is 8.17. The van der Waals surface area contributed by atoms with Crippen LogP contribution < -0.4 is 9.47 Å². The lowest BCUT2D eigenvalue weighted by molar-refractivity contribution is -0.135. The molecule has 1 aliphatic heterocycles. The zero-order valence-electron chi connectivity index (χ0n) is 16.1. The van der Waals surface area contributed by atoms with Gasteiger partial charge in [0, 0.05) is 38.3 Å². The lowest BCUT2D eigenvalue weighted by Crippen LogP contribution is -2.49. The molecule has 0 N–H and O–H groups in total. The summed E-state index contributed by atoms with van der Waals surface area (Å²) >= 11 is 0. The van der Waals surface area contributed by atoms with Crippen LogP contribution in [0.5, 0.6) is 11.5 Å². The lowest BCUT2D eigenvalue weighted by atomic mass is 10.1. The van der Waals surface area contributed by atoms with Crippen LogP contribution in [0.2, 0.25) is 0 Å². The van der Waals surface area contributed by atoms with Gasteiger partial charge in [0.05, 0.1) is 6.10 Å². The van der Waals surface area contributed by atoms with Gasteiger partial charge in [-0.1, -0.05) is 36.4 Å². The number of carbonyl (C=O) groups excluding carboxylic acids is 1. The monoisotopic (exact) mass is 368 g/mol. The fourth-order valence-electron chi connectivity index (χ4n) is 3.15. The summed E-state index contributed by atoms with van der Waals surface area (Å²) < 4.78 is 11.5. The van der Waals surface area contributed by atoms with E-state index in [2.05, 4.69) is 11.0 Å². The van der Waals surface area contributed by atoms with Crippen molar-refractivity contribution in [3.05, 3.63) is 60.2 Å². The number of hydrogen-bond donors (Lipinski definition) is 0. The molecule has 5 heteroatoms. The molecular formula is C22H28N2O3. The molecular weight excluding hydrogens is 340 g/mol. The van der Waals surface area contributed by atoms with Gasteiger partial charge < -0.3 is 14.4 Å². The number of amides is 1. The molecule has 0 aromatic heterocycles. The summed E-state index contributed by atoms with van der Waals surface area (Å²) in [6, 6.07) is 17.6. The van der Waals surface area contributed by atoms with Crippen LogP contribution in [0.4, 0.5) is 0 Å². The van der Waals surface area contributed by atoms with Crippen molar-refractivity contribution in [1.82, 2.24) is 9.80 Å². The normalized spacial score (nSPS) is 15.0. The van der Waals surface area contributed by atoms with Crippen molar-refractivity contribution >= 4 is 5.91 Å². The van der Waals surface area contributed by atoms with Crippen molar-refractivity contribution in [2.45, 2.75) is 26.5 Å². The van der Waals surface area contributed by atoms with E-state index in [0.717, 1.165) is 44.2 Å². The molecule has 3 rings (SSSR count). The molecule has 0 aliphatic carbocycles. The van der Waals surface area contributed by atoms with Gasteiger partial charge in [0.15, 0.2) is 6.61 Å². The van der Waals surface area contributed by atoms with Crippen LogP contribution in [0.3, 0.4) is 0 Å². The highest BCUT2D eigenvalue weighted by Crippen LogP contribution is 2.21. The van der Waals surface area contributed by atoms with Crippen molar-refractivity contribution in [1.29, 1.82) is 0 Å². The fourth-order valence-corrected chi connectivity index (χ4v) is 3.15. The van der Waals surface area contributed by atoms with Gasteiger partial charge in [0.25, 0.3) is 5.91 Å². The highest BCUT2D eigenvalue weighted by Gasteiger charge is 2.22. The maximum absolute atomic E-state index is 12.4. The predicted molar refractivity (Wildman–Crippen MR) is 106 cm³/mol. The molecule has 2 aromatic rings. The molecule has 1 fully saturated rings. The van der Waals surface area contributed by atoms with Gasteiger partial charge in [-0.25, -0.2) is 0 Å². The summed E-state index contributed by atoms with van der Waals surface area (Å²) in [5.41, 5.74) is 1.19. The number of benzene rings is 2. The molecule has 144 valence electrons. The highest BCUT2D eigenvalue weighted by molar-refractivity contribution is 5.77. The van der Waals surface area contributed by atoms with Crippen molar-refractivity contribution in [3.8, 4) is 11.5 Å². The Kier molecular flexibility index (Phi) is 6.71. The van der Waals surface area contributed by atoms with Gasteiger partial charge in [0.2, 0.25) is 0 Å². The molecule has 0 radical (unpaired) electrons. The number of piperazine rings is 1. The van der Waals surface area contributed by atoms with E-state index in [1.165, 1.54) is 5.56 Å². The SMILES string of the molecule is CC(C)Oc1ccccc1CN1CCN(C(=O)COc2ccccc2)CC1. The van der Waals surface area contributed by atoms with Crippen molar-refractivity contribution < 1.29 is 14.3 Å². The Hall–Kier alpha value is -2.53. The summed E-state index contributed by atoms with van der Waals surface area (Å²) in [4.78, 5) is 16.6. The third kappa shape index (κ3) is 5.73. The van der Waals surface area contributed by atoms with Gasteiger partial charge in [-0.05, 0) is 32.0 Å². The van der Waals surface area contributed by atoms with Crippen LogP contribution in [0, 0.1) is 0 Å². The first-order valence-corrected chi connectivity index (χ1v) is 9.54. The molecule has 1 aliphatic rings. The quantitative estimate of drug-likeness (QED) is 0.753. The van der Waals surface area contributed by atoms with E-state index >= 15 is 0 Å². The number of rotatable bonds is 7. The summed E-state index contributed by atoms with van der Waals surface area (Å²) in [5, 5.41) is 0. The van der Waals surface area contributed by atoms with Crippen molar-refractivity contribution in [3.63, 3.8) is 0 Å². The standard InChI is InChI=1S/C22H28N2O3/c1-18(2)27-21-11-7-6-8-19(21)16-23-12-14-24(15-13-23)22(25)17-26-20-9-4-3-5-10-20/h3-11,18H,12-17H2,1-2H3. The smallest absolute Gasteiger partial charge is 0.260 e. The molecule has 0 spiro atoms. The molecule has 0 saturated carbocycles. The Morgan fingerprint density at radius 1 is 0.963 bits per heavy atom. The Bertz CT molecular complexity index is 725.